The van der Waals surface area contributed by atoms with E-state index in [1.807, 2.05) is 0 Å². The Labute approximate surface area is 135 Å². The number of fused-ring (bicyclic) bond motifs is 1. The minimum atomic E-state index is -4.65. The Morgan fingerprint density at radius 2 is 2.00 bits per heavy atom. The molecule has 0 aromatic heterocycles. The van der Waals surface area contributed by atoms with Crippen LogP contribution >= 0.6 is 0 Å². The number of halogens is 4. The van der Waals surface area contributed by atoms with Gasteiger partial charge in [-0.15, -0.1) is 0 Å². The third-order valence-corrected chi connectivity index (χ3v) is 5.51. The summed E-state index contributed by atoms with van der Waals surface area (Å²) in [5.74, 6) is -3.56. The summed E-state index contributed by atoms with van der Waals surface area (Å²) in [6.45, 7) is 1.72. The number of carbonyl (C=O) groups excluding carboxylic acids is 1. The van der Waals surface area contributed by atoms with Crippen LogP contribution in [0.15, 0.2) is 18.2 Å². The molecule has 2 fully saturated rings. The molecule has 0 spiro atoms. The maximum absolute atomic E-state index is 13.4. The van der Waals surface area contributed by atoms with Crippen LogP contribution in [0.5, 0.6) is 0 Å². The lowest BCUT2D eigenvalue weighted by molar-refractivity contribution is -0.147. The second kappa shape index (κ2) is 5.29. The summed E-state index contributed by atoms with van der Waals surface area (Å²) in [6, 6.07) is 2.27. The first-order valence-corrected chi connectivity index (χ1v) is 7.75. The third-order valence-electron chi connectivity index (χ3n) is 5.51. The zero-order valence-corrected chi connectivity index (χ0v) is 12.9. The Kier molecular flexibility index (Phi) is 3.73. The molecule has 3 nitrogen and oxygen atoms in total. The van der Waals surface area contributed by atoms with Crippen LogP contribution in [-0.2, 0) is 22.2 Å². The van der Waals surface area contributed by atoms with E-state index in [0.29, 0.717) is 18.9 Å². The van der Waals surface area contributed by atoms with Gasteiger partial charge in [-0.05, 0) is 48.9 Å². The van der Waals surface area contributed by atoms with E-state index in [4.69, 9.17) is 0 Å². The van der Waals surface area contributed by atoms with Gasteiger partial charge in [0.25, 0.3) is 0 Å². The van der Waals surface area contributed by atoms with Crippen molar-refractivity contribution in [1.82, 2.24) is 0 Å². The van der Waals surface area contributed by atoms with E-state index in [2.05, 4.69) is 0 Å². The van der Waals surface area contributed by atoms with Crippen LogP contribution in [-0.4, -0.2) is 16.9 Å². The van der Waals surface area contributed by atoms with Gasteiger partial charge in [-0.3, -0.25) is 9.59 Å². The highest BCUT2D eigenvalue weighted by Gasteiger charge is 2.75. The molecule has 0 radical (unpaired) electrons. The molecular weight excluding hydrogens is 328 g/mol. The largest absolute Gasteiger partial charge is 0.481 e. The lowest BCUT2D eigenvalue weighted by Gasteiger charge is -2.19. The Balaban J connectivity index is 1.77. The monoisotopic (exact) mass is 344 g/mol. The average molecular weight is 344 g/mol. The highest BCUT2D eigenvalue weighted by Crippen LogP contribution is 2.69. The van der Waals surface area contributed by atoms with Gasteiger partial charge in [-0.25, -0.2) is 4.39 Å². The fraction of sp³-hybridized carbons (Fsp3) is 0.529. The second-order valence-corrected chi connectivity index (χ2v) is 6.67. The van der Waals surface area contributed by atoms with Gasteiger partial charge in [-0.2, -0.15) is 13.2 Å². The van der Waals surface area contributed by atoms with Crippen molar-refractivity contribution in [2.75, 3.05) is 0 Å². The molecule has 24 heavy (non-hydrogen) atoms. The number of Topliss-reactive ketones (excluding diaryl/α,β-unsaturated/α-hetero) is 1. The van der Waals surface area contributed by atoms with Crippen molar-refractivity contribution in [3.63, 3.8) is 0 Å². The molecule has 3 rings (SSSR count). The van der Waals surface area contributed by atoms with Gasteiger partial charge in [0.1, 0.15) is 11.6 Å². The van der Waals surface area contributed by atoms with Crippen LogP contribution in [0.4, 0.5) is 17.6 Å². The van der Waals surface area contributed by atoms with Crippen molar-refractivity contribution in [1.29, 1.82) is 0 Å². The number of carboxylic acid groups (broad SMARTS) is 1. The van der Waals surface area contributed by atoms with Gasteiger partial charge in [0.05, 0.1) is 11.0 Å². The van der Waals surface area contributed by atoms with Crippen LogP contribution in [0.1, 0.15) is 30.9 Å². The number of aliphatic carboxylic acids is 1. The van der Waals surface area contributed by atoms with Crippen molar-refractivity contribution < 1.29 is 32.3 Å². The molecule has 7 heteroatoms. The molecule has 1 aromatic rings. The summed E-state index contributed by atoms with van der Waals surface area (Å²) in [4.78, 5) is 23.8. The van der Waals surface area contributed by atoms with E-state index in [9.17, 15) is 32.3 Å². The van der Waals surface area contributed by atoms with E-state index in [0.717, 1.165) is 12.1 Å². The Morgan fingerprint density at radius 1 is 1.33 bits per heavy atom. The number of carboxylic acids is 1. The quantitative estimate of drug-likeness (QED) is 0.848. The minimum absolute atomic E-state index is 0.00604. The van der Waals surface area contributed by atoms with Crippen molar-refractivity contribution >= 4 is 11.8 Å². The number of alkyl halides is 3. The number of hydrogen-bond acceptors (Lipinski definition) is 2. The summed E-state index contributed by atoms with van der Waals surface area (Å²) < 4.78 is 51.7. The highest BCUT2D eigenvalue weighted by molar-refractivity contribution is 5.98. The maximum Gasteiger partial charge on any atom is 0.416 e. The van der Waals surface area contributed by atoms with E-state index in [1.54, 1.807) is 6.92 Å². The Bertz CT molecular complexity index is 712. The molecule has 4 unspecified atom stereocenters. The van der Waals surface area contributed by atoms with E-state index < -0.39 is 40.8 Å². The first kappa shape index (κ1) is 16.9. The number of ketones is 1. The normalized spacial score (nSPS) is 31.9. The van der Waals surface area contributed by atoms with Crippen molar-refractivity contribution in [3.05, 3.63) is 35.1 Å². The Morgan fingerprint density at radius 3 is 2.46 bits per heavy atom. The molecule has 2 aliphatic carbocycles. The standard InChI is InChI=1S/C17H16F4O3/c1-2-16(15(23)24)12-6-9(14(22)13(12)16)3-8-4-10(17(19,20)21)7-11(18)5-8/h4-5,7,9,12-13H,2-3,6H2,1H3,(H,23,24). The van der Waals surface area contributed by atoms with Crippen molar-refractivity contribution in [2.45, 2.75) is 32.4 Å². The summed E-state index contributed by atoms with van der Waals surface area (Å²) >= 11 is 0. The topological polar surface area (TPSA) is 54.4 Å². The predicted octanol–water partition coefficient (Wildman–Crippen LogP) is 3.70. The van der Waals surface area contributed by atoms with Crippen molar-refractivity contribution in [2.24, 2.45) is 23.2 Å². The third kappa shape index (κ3) is 2.41. The molecule has 0 heterocycles. The smallest absolute Gasteiger partial charge is 0.416 e. The molecule has 0 bridgehead atoms. The van der Waals surface area contributed by atoms with Gasteiger partial charge in [0.2, 0.25) is 0 Å². The summed E-state index contributed by atoms with van der Waals surface area (Å²) in [5.41, 5.74) is -1.98. The van der Waals surface area contributed by atoms with Gasteiger partial charge in [-0.1, -0.05) is 6.92 Å². The first-order valence-electron chi connectivity index (χ1n) is 7.75. The van der Waals surface area contributed by atoms with Crippen LogP contribution < -0.4 is 0 Å². The van der Waals surface area contributed by atoms with E-state index >= 15 is 0 Å². The number of hydrogen-bond donors (Lipinski definition) is 1. The average Bonchev–Trinajstić information content (AvgIpc) is 3.02. The van der Waals surface area contributed by atoms with Crippen LogP contribution in [0.3, 0.4) is 0 Å². The zero-order valence-electron chi connectivity index (χ0n) is 12.9. The molecule has 0 saturated heterocycles. The molecule has 4 atom stereocenters. The summed E-state index contributed by atoms with van der Waals surface area (Å²) in [7, 11) is 0. The maximum atomic E-state index is 13.4. The lowest BCUT2D eigenvalue weighted by Crippen LogP contribution is -2.27. The molecule has 2 aliphatic rings. The fourth-order valence-corrected chi connectivity index (χ4v) is 4.32. The van der Waals surface area contributed by atoms with Gasteiger partial charge in [0, 0.05) is 11.8 Å². The molecule has 130 valence electrons. The molecule has 2 saturated carbocycles. The second-order valence-electron chi connectivity index (χ2n) is 6.67. The molecular formula is C17H16F4O3. The molecule has 1 aromatic carbocycles. The van der Waals surface area contributed by atoms with Crippen LogP contribution in [0, 0.1) is 29.0 Å². The van der Waals surface area contributed by atoms with E-state index in [-0.39, 0.29) is 23.7 Å². The van der Waals surface area contributed by atoms with Crippen LogP contribution in [0.25, 0.3) is 0 Å². The minimum Gasteiger partial charge on any atom is -0.481 e. The predicted molar refractivity (Wildman–Crippen MR) is 75.6 cm³/mol. The van der Waals surface area contributed by atoms with Crippen LogP contribution in [0.2, 0.25) is 0 Å². The van der Waals surface area contributed by atoms with Gasteiger partial charge < -0.3 is 5.11 Å². The van der Waals surface area contributed by atoms with E-state index in [1.165, 1.54) is 0 Å². The SMILES string of the molecule is CCC1(C(=O)O)C2CC(Cc3cc(F)cc(C(F)(F)F)c3)C(=O)C21. The number of carbonyl (C=O) groups is 2. The number of benzene rings is 1. The summed E-state index contributed by atoms with van der Waals surface area (Å²) in [6.07, 6.45) is -3.96. The molecule has 1 N–H and O–H groups in total. The molecule has 0 amide bonds. The lowest BCUT2D eigenvalue weighted by atomic mass is 9.84. The Hall–Kier alpha value is -1.92. The highest BCUT2D eigenvalue weighted by atomic mass is 19.4. The summed E-state index contributed by atoms with van der Waals surface area (Å²) in [5, 5.41) is 9.34. The zero-order chi connectivity index (χ0) is 17.9. The fourth-order valence-electron chi connectivity index (χ4n) is 4.32. The van der Waals surface area contributed by atoms with Crippen molar-refractivity contribution in [3.8, 4) is 0 Å². The van der Waals surface area contributed by atoms with Gasteiger partial charge >= 0.3 is 12.1 Å². The number of rotatable bonds is 4. The molecule has 0 aliphatic heterocycles. The van der Waals surface area contributed by atoms with Gasteiger partial charge in [0.15, 0.2) is 0 Å². The first-order chi connectivity index (χ1) is 11.1.